The van der Waals surface area contributed by atoms with Crippen LogP contribution >= 0.6 is 11.6 Å². The van der Waals surface area contributed by atoms with Crippen LogP contribution in [0.15, 0.2) is 36.4 Å². The van der Waals surface area contributed by atoms with Crippen LogP contribution < -0.4 is 10.1 Å². The summed E-state index contributed by atoms with van der Waals surface area (Å²) in [6, 6.07) is 9.87. The topological polar surface area (TPSA) is 56.1 Å². The van der Waals surface area contributed by atoms with E-state index in [2.05, 4.69) is 10.4 Å². The van der Waals surface area contributed by atoms with Crippen molar-refractivity contribution < 1.29 is 13.9 Å². The van der Waals surface area contributed by atoms with Crippen LogP contribution in [0.3, 0.4) is 0 Å². The number of nitrogens with one attached hydrogen (secondary N) is 1. The Kier molecular flexibility index (Phi) is 5.70. The molecule has 0 aliphatic carbocycles. The van der Waals surface area contributed by atoms with Gasteiger partial charge in [-0.05, 0) is 45.0 Å². The van der Waals surface area contributed by atoms with Crippen molar-refractivity contribution in [2.75, 3.05) is 12.4 Å². The molecule has 1 heterocycles. The summed E-state index contributed by atoms with van der Waals surface area (Å²) in [4.78, 5) is 12.8. The Morgan fingerprint density at radius 3 is 2.61 bits per heavy atom. The number of hydrogen-bond acceptors (Lipinski definition) is 3. The number of aromatic nitrogens is 2. The van der Waals surface area contributed by atoms with E-state index in [0.717, 1.165) is 5.56 Å². The molecule has 28 heavy (non-hydrogen) atoms. The number of ether oxygens (including phenoxy) is 1. The predicted octanol–water partition coefficient (Wildman–Crippen LogP) is 4.91. The molecule has 7 heteroatoms. The summed E-state index contributed by atoms with van der Waals surface area (Å²) in [6.45, 7) is 5.62. The van der Waals surface area contributed by atoms with Crippen LogP contribution in [0.5, 0.6) is 5.75 Å². The fourth-order valence-electron chi connectivity index (χ4n) is 3.13. The molecule has 3 aromatic rings. The number of amides is 1. The number of benzene rings is 2. The highest BCUT2D eigenvalue weighted by Gasteiger charge is 2.19. The largest absolute Gasteiger partial charge is 0.496 e. The maximum absolute atomic E-state index is 14.1. The monoisotopic (exact) mass is 401 g/mol. The van der Waals surface area contributed by atoms with E-state index in [4.69, 9.17) is 16.3 Å². The van der Waals surface area contributed by atoms with Gasteiger partial charge in [-0.25, -0.2) is 4.39 Å². The Bertz CT molecular complexity index is 1030. The molecule has 0 aliphatic heterocycles. The highest BCUT2D eigenvalue weighted by Crippen LogP contribution is 2.26. The van der Waals surface area contributed by atoms with Crippen LogP contribution in [-0.4, -0.2) is 22.8 Å². The zero-order valence-electron chi connectivity index (χ0n) is 16.1. The molecular weight excluding hydrogens is 381 g/mol. The van der Waals surface area contributed by atoms with Gasteiger partial charge in [0.25, 0.3) is 5.91 Å². The first-order chi connectivity index (χ1) is 13.3. The average Bonchev–Trinajstić information content (AvgIpc) is 2.92. The molecule has 0 aliphatic rings. The number of carbonyl (C=O) groups excluding carboxylic acids is 1. The Morgan fingerprint density at radius 2 is 1.93 bits per heavy atom. The molecule has 0 spiro atoms. The van der Waals surface area contributed by atoms with E-state index in [1.807, 2.05) is 13.8 Å². The summed E-state index contributed by atoms with van der Waals surface area (Å²) in [5.41, 5.74) is 3.58. The van der Waals surface area contributed by atoms with E-state index in [1.54, 1.807) is 49.0 Å². The van der Waals surface area contributed by atoms with Crippen molar-refractivity contribution >= 4 is 23.2 Å². The highest BCUT2D eigenvalue weighted by atomic mass is 35.5. The van der Waals surface area contributed by atoms with Gasteiger partial charge in [0, 0.05) is 21.7 Å². The van der Waals surface area contributed by atoms with Crippen LogP contribution in [0, 0.1) is 26.6 Å². The molecule has 0 fully saturated rings. The number of carbonyl (C=O) groups is 1. The van der Waals surface area contributed by atoms with E-state index in [1.165, 1.54) is 6.07 Å². The van der Waals surface area contributed by atoms with Crippen molar-refractivity contribution in [3.63, 3.8) is 0 Å². The van der Waals surface area contributed by atoms with Crippen LogP contribution in [0.4, 0.5) is 10.1 Å². The lowest BCUT2D eigenvalue weighted by Crippen LogP contribution is -2.15. The lowest BCUT2D eigenvalue weighted by molar-refractivity contribution is 0.102. The molecule has 1 N–H and O–H groups in total. The van der Waals surface area contributed by atoms with Crippen molar-refractivity contribution in [2.45, 2.75) is 27.3 Å². The third-order valence-electron chi connectivity index (χ3n) is 4.74. The van der Waals surface area contributed by atoms with Gasteiger partial charge in [0.05, 0.1) is 30.7 Å². The van der Waals surface area contributed by atoms with Gasteiger partial charge in [-0.3, -0.25) is 9.48 Å². The first-order valence-corrected chi connectivity index (χ1v) is 9.13. The summed E-state index contributed by atoms with van der Waals surface area (Å²) < 4.78 is 21.0. The van der Waals surface area contributed by atoms with E-state index in [9.17, 15) is 9.18 Å². The Hall–Kier alpha value is -2.86. The first-order valence-electron chi connectivity index (χ1n) is 8.75. The minimum Gasteiger partial charge on any atom is -0.496 e. The second kappa shape index (κ2) is 8.02. The van der Waals surface area contributed by atoms with Crippen molar-refractivity contribution in [3.8, 4) is 5.75 Å². The molecule has 0 bridgehead atoms. The van der Waals surface area contributed by atoms with Crippen LogP contribution in [0.2, 0.25) is 5.02 Å². The molecule has 1 amide bonds. The van der Waals surface area contributed by atoms with Crippen molar-refractivity contribution in [2.24, 2.45) is 0 Å². The van der Waals surface area contributed by atoms with Gasteiger partial charge in [-0.15, -0.1) is 0 Å². The van der Waals surface area contributed by atoms with Gasteiger partial charge >= 0.3 is 0 Å². The van der Waals surface area contributed by atoms with Gasteiger partial charge in [0.1, 0.15) is 11.6 Å². The standard InChI is InChI=1S/C21H21ClFN3O2/c1-12-15(7-5-10-19(12)28-4)21(27)24-20-13(2)25-26(14(20)3)11-16-17(22)8-6-9-18(16)23/h5-10H,11H2,1-4H3,(H,24,27). The molecule has 0 saturated carbocycles. The quantitative estimate of drug-likeness (QED) is 0.660. The van der Waals surface area contributed by atoms with Crippen LogP contribution in [0.25, 0.3) is 0 Å². The van der Waals surface area contributed by atoms with Crippen LogP contribution in [-0.2, 0) is 6.54 Å². The smallest absolute Gasteiger partial charge is 0.256 e. The summed E-state index contributed by atoms with van der Waals surface area (Å²) in [5.74, 6) is -0.00491. The molecule has 3 rings (SSSR count). The highest BCUT2D eigenvalue weighted by molar-refractivity contribution is 6.31. The molecule has 1 aromatic heterocycles. The molecular formula is C21H21ClFN3O2. The zero-order valence-corrected chi connectivity index (χ0v) is 16.9. The predicted molar refractivity (Wildman–Crippen MR) is 108 cm³/mol. The molecule has 2 aromatic carbocycles. The van der Waals surface area contributed by atoms with Crippen molar-refractivity contribution in [3.05, 3.63) is 75.3 Å². The van der Waals surface area contributed by atoms with Gasteiger partial charge in [-0.1, -0.05) is 23.7 Å². The minimum absolute atomic E-state index is 0.173. The maximum atomic E-state index is 14.1. The SMILES string of the molecule is COc1cccc(C(=O)Nc2c(C)nn(Cc3c(F)cccc3Cl)c2C)c1C. The van der Waals surface area contributed by atoms with Gasteiger partial charge in [-0.2, -0.15) is 5.10 Å². The van der Waals surface area contributed by atoms with E-state index in [-0.39, 0.29) is 12.5 Å². The Morgan fingerprint density at radius 1 is 1.21 bits per heavy atom. The number of halogens is 2. The fraction of sp³-hybridized carbons (Fsp3) is 0.238. The van der Waals surface area contributed by atoms with Crippen molar-refractivity contribution in [1.29, 1.82) is 0 Å². The molecule has 0 atom stereocenters. The second-order valence-corrected chi connectivity index (χ2v) is 6.90. The number of methoxy groups -OCH3 is 1. The third-order valence-corrected chi connectivity index (χ3v) is 5.09. The van der Waals surface area contributed by atoms with Gasteiger partial charge in [0.15, 0.2) is 0 Å². The van der Waals surface area contributed by atoms with Gasteiger partial charge in [0.2, 0.25) is 0 Å². The summed E-state index contributed by atoms with van der Waals surface area (Å²) in [6.07, 6.45) is 0. The number of anilines is 1. The van der Waals surface area contributed by atoms with E-state index in [0.29, 0.717) is 39.0 Å². The summed E-state index contributed by atoms with van der Waals surface area (Å²) in [5, 5.41) is 7.70. The van der Waals surface area contributed by atoms with Crippen LogP contribution in [0.1, 0.15) is 32.9 Å². The molecule has 146 valence electrons. The second-order valence-electron chi connectivity index (χ2n) is 6.49. The maximum Gasteiger partial charge on any atom is 0.256 e. The number of hydrogen-bond donors (Lipinski definition) is 1. The summed E-state index contributed by atoms with van der Waals surface area (Å²) in [7, 11) is 1.57. The van der Waals surface area contributed by atoms with E-state index >= 15 is 0 Å². The lowest BCUT2D eigenvalue weighted by atomic mass is 10.1. The molecule has 0 radical (unpaired) electrons. The first kappa shape index (κ1) is 19.9. The number of aryl methyl sites for hydroxylation is 1. The third kappa shape index (κ3) is 3.73. The molecule has 0 unspecified atom stereocenters. The lowest BCUT2D eigenvalue weighted by Gasteiger charge is -2.11. The normalized spacial score (nSPS) is 10.8. The zero-order chi connectivity index (χ0) is 20.4. The van der Waals surface area contributed by atoms with E-state index < -0.39 is 5.82 Å². The van der Waals surface area contributed by atoms with Crippen molar-refractivity contribution in [1.82, 2.24) is 9.78 Å². The molecule has 5 nitrogen and oxygen atoms in total. The minimum atomic E-state index is -0.391. The molecule has 0 saturated heterocycles. The van der Waals surface area contributed by atoms with Gasteiger partial charge < -0.3 is 10.1 Å². The number of nitrogens with zero attached hydrogens (tertiary/aromatic N) is 2. The Balaban J connectivity index is 1.89. The Labute approximate surface area is 168 Å². The average molecular weight is 402 g/mol. The summed E-state index contributed by atoms with van der Waals surface area (Å²) >= 11 is 6.13. The fourth-order valence-corrected chi connectivity index (χ4v) is 3.35. The number of rotatable bonds is 5.